The van der Waals surface area contributed by atoms with Gasteiger partial charge >= 0.3 is 0 Å². The summed E-state index contributed by atoms with van der Waals surface area (Å²) in [5.74, 6) is 1.08. The summed E-state index contributed by atoms with van der Waals surface area (Å²) >= 11 is 7.92. The van der Waals surface area contributed by atoms with Gasteiger partial charge in [0.05, 0.1) is 23.0 Å². The number of carbonyl (C=O) groups is 2. The van der Waals surface area contributed by atoms with E-state index in [1.807, 2.05) is 22.7 Å². The molecule has 1 aromatic carbocycles. The molecule has 0 spiro atoms. The van der Waals surface area contributed by atoms with Crippen LogP contribution < -0.4 is 15.5 Å². The van der Waals surface area contributed by atoms with E-state index in [1.165, 1.54) is 11.8 Å². The number of rotatable bonds is 6. The number of aromatic nitrogens is 2. The monoisotopic (exact) mass is 445 g/mol. The Labute approximate surface area is 182 Å². The van der Waals surface area contributed by atoms with Crippen LogP contribution >= 0.6 is 23.4 Å². The summed E-state index contributed by atoms with van der Waals surface area (Å²) in [5, 5.41) is 6.91. The number of benzene rings is 1. The number of nitrogens with one attached hydrogen (secondary N) is 2. The molecule has 0 unspecified atom stereocenters. The largest absolute Gasteiger partial charge is 0.455 e. The lowest BCUT2D eigenvalue weighted by Crippen LogP contribution is -2.47. The summed E-state index contributed by atoms with van der Waals surface area (Å²) in [6.45, 7) is 1.52. The van der Waals surface area contributed by atoms with Crippen molar-refractivity contribution in [2.45, 2.75) is 10.9 Å². The molecule has 1 aliphatic heterocycles. The third-order valence-corrected chi connectivity index (χ3v) is 5.97. The maximum atomic E-state index is 12.5. The number of anilines is 2. The number of furan rings is 1. The highest BCUT2D eigenvalue weighted by atomic mass is 35.5. The Morgan fingerprint density at radius 3 is 2.97 bits per heavy atom. The average Bonchev–Trinajstić information content (AvgIpc) is 3.35. The van der Waals surface area contributed by atoms with Gasteiger partial charge < -0.3 is 24.5 Å². The van der Waals surface area contributed by atoms with Gasteiger partial charge in [0.15, 0.2) is 10.9 Å². The van der Waals surface area contributed by atoms with Gasteiger partial charge in [-0.3, -0.25) is 9.59 Å². The molecule has 0 aliphatic carbocycles. The highest BCUT2D eigenvalue weighted by Gasteiger charge is 2.19. The molecule has 0 bridgehead atoms. The number of hydrogen-bond acceptors (Lipinski definition) is 6. The second-order valence-electron chi connectivity index (χ2n) is 6.77. The number of thioether (sulfide) groups is 1. The van der Waals surface area contributed by atoms with Gasteiger partial charge in [-0.15, -0.1) is 0 Å². The molecule has 1 aliphatic rings. The van der Waals surface area contributed by atoms with E-state index in [-0.39, 0.29) is 24.1 Å². The van der Waals surface area contributed by atoms with E-state index in [0.29, 0.717) is 35.3 Å². The first-order chi connectivity index (χ1) is 14.5. The summed E-state index contributed by atoms with van der Waals surface area (Å²) in [6.07, 6.45) is 3.61. The standard InChI is InChI=1S/C20H20ClN5O3S/c1-25-8-6-23-20(25)30-12-14-3-5-17(29-14)19(28)24-13-2-4-16(15(21)10-13)26-9-7-22-18(27)11-26/h2-6,8,10H,7,9,11-12H2,1H3,(H,22,27)(H,24,28). The van der Waals surface area contributed by atoms with Crippen molar-refractivity contribution >= 4 is 46.6 Å². The van der Waals surface area contributed by atoms with Gasteiger partial charge in [0.25, 0.3) is 5.91 Å². The van der Waals surface area contributed by atoms with E-state index in [0.717, 1.165) is 10.8 Å². The van der Waals surface area contributed by atoms with Crippen LogP contribution in [0.2, 0.25) is 5.02 Å². The van der Waals surface area contributed by atoms with E-state index in [4.69, 9.17) is 16.0 Å². The summed E-state index contributed by atoms with van der Waals surface area (Å²) in [7, 11) is 1.92. The molecule has 10 heteroatoms. The van der Waals surface area contributed by atoms with Crippen molar-refractivity contribution in [3.63, 3.8) is 0 Å². The van der Waals surface area contributed by atoms with Crippen LogP contribution in [0.4, 0.5) is 11.4 Å². The Balaban J connectivity index is 1.38. The van der Waals surface area contributed by atoms with Gasteiger partial charge in [0.2, 0.25) is 5.91 Å². The lowest BCUT2D eigenvalue weighted by molar-refractivity contribution is -0.120. The fraction of sp³-hybridized carbons (Fsp3) is 0.250. The fourth-order valence-corrected chi connectivity index (χ4v) is 4.21. The van der Waals surface area contributed by atoms with Gasteiger partial charge in [-0.05, 0) is 30.3 Å². The molecule has 4 rings (SSSR count). The Morgan fingerprint density at radius 1 is 1.37 bits per heavy atom. The van der Waals surface area contributed by atoms with Crippen molar-refractivity contribution in [1.82, 2.24) is 14.9 Å². The Morgan fingerprint density at radius 2 is 2.23 bits per heavy atom. The molecule has 1 fully saturated rings. The Hall–Kier alpha value is -2.91. The molecule has 2 N–H and O–H groups in total. The van der Waals surface area contributed by atoms with Crippen molar-refractivity contribution < 1.29 is 14.0 Å². The predicted octanol–water partition coefficient (Wildman–Crippen LogP) is 3.15. The normalized spacial score (nSPS) is 13.9. The summed E-state index contributed by atoms with van der Waals surface area (Å²) in [6, 6.07) is 8.65. The number of aryl methyl sites for hydroxylation is 1. The van der Waals surface area contributed by atoms with Crippen LogP contribution in [0.15, 0.2) is 52.3 Å². The van der Waals surface area contributed by atoms with E-state index in [9.17, 15) is 9.59 Å². The number of hydrogen-bond donors (Lipinski definition) is 2. The maximum Gasteiger partial charge on any atom is 0.291 e. The van der Waals surface area contributed by atoms with Gasteiger partial charge in [-0.1, -0.05) is 23.4 Å². The Kier molecular flexibility index (Phi) is 6.01. The van der Waals surface area contributed by atoms with E-state index in [1.54, 1.807) is 36.5 Å². The predicted molar refractivity (Wildman–Crippen MR) is 116 cm³/mol. The molecule has 0 atom stereocenters. The lowest BCUT2D eigenvalue weighted by atomic mass is 10.2. The molecule has 3 heterocycles. The Bertz CT molecular complexity index is 1080. The van der Waals surface area contributed by atoms with Crippen LogP contribution in [0.25, 0.3) is 0 Å². The first-order valence-corrected chi connectivity index (χ1v) is 10.7. The zero-order valence-corrected chi connectivity index (χ0v) is 17.8. The molecule has 0 radical (unpaired) electrons. The zero-order chi connectivity index (χ0) is 21.1. The number of nitrogens with zero attached hydrogens (tertiary/aromatic N) is 3. The summed E-state index contributed by atoms with van der Waals surface area (Å²) < 4.78 is 7.58. The quantitative estimate of drug-likeness (QED) is 0.566. The van der Waals surface area contributed by atoms with Crippen LogP contribution in [0, 0.1) is 0 Å². The summed E-state index contributed by atoms with van der Waals surface area (Å²) in [5.41, 5.74) is 1.31. The number of imidazole rings is 1. The van der Waals surface area contributed by atoms with Gasteiger partial charge in [0.1, 0.15) is 5.76 Å². The average molecular weight is 446 g/mol. The number of halogens is 1. The second kappa shape index (κ2) is 8.85. The number of carbonyl (C=O) groups excluding carboxylic acids is 2. The third-order valence-electron chi connectivity index (χ3n) is 4.59. The van der Waals surface area contributed by atoms with Crippen molar-refractivity contribution in [1.29, 1.82) is 0 Å². The highest BCUT2D eigenvalue weighted by Crippen LogP contribution is 2.29. The minimum atomic E-state index is -0.357. The summed E-state index contributed by atoms with van der Waals surface area (Å²) in [4.78, 5) is 30.3. The van der Waals surface area contributed by atoms with Gasteiger partial charge in [-0.2, -0.15) is 0 Å². The fourth-order valence-electron chi connectivity index (χ4n) is 3.08. The van der Waals surface area contributed by atoms with Crippen molar-refractivity contribution in [3.05, 3.63) is 59.3 Å². The topological polar surface area (TPSA) is 92.4 Å². The zero-order valence-electron chi connectivity index (χ0n) is 16.2. The number of piperazine rings is 1. The second-order valence-corrected chi connectivity index (χ2v) is 8.12. The number of amides is 2. The molecule has 2 amide bonds. The minimum absolute atomic E-state index is 0.0376. The van der Waals surface area contributed by atoms with Crippen molar-refractivity contribution in [2.75, 3.05) is 29.9 Å². The first kappa shape index (κ1) is 20.4. The third kappa shape index (κ3) is 4.63. The molecular formula is C20H20ClN5O3S. The molecule has 30 heavy (non-hydrogen) atoms. The molecule has 1 saturated heterocycles. The molecule has 2 aromatic heterocycles. The maximum absolute atomic E-state index is 12.5. The van der Waals surface area contributed by atoms with Crippen LogP contribution in [-0.4, -0.2) is 41.0 Å². The lowest BCUT2D eigenvalue weighted by Gasteiger charge is -2.29. The molecule has 8 nitrogen and oxygen atoms in total. The molecular weight excluding hydrogens is 426 g/mol. The molecule has 3 aromatic rings. The first-order valence-electron chi connectivity index (χ1n) is 9.31. The highest BCUT2D eigenvalue weighted by molar-refractivity contribution is 7.98. The molecule has 156 valence electrons. The van der Waals surface area contributed by atoms with Crippen molar-refractivity contribution in [2.24, 2.45) is 7.05 Å². The van der Waals surface area contributed by atoms with Crippen molar-refractivity contribution in [3.8, 4) is 0 Å². The van der Waals surface area contributed by atoms with E-state index in [2.05, 4.69) is 15.6 Å². The van der Waals surface area contributed by atoms with Gasteiger partial charge in [0, 0.05) is 38.2 Å². The van der Waals surface area contributed by atoms with E-state index >= 15 is 0 Å². The molecule has 0 saturated carbocycles. The van der Waals surface area contributed by atoms with Crippen LogP contribution in [0.3, 0.4) is 0 Å². The SMILES string of the molecule is Cn1ccnc1SCc1ccc(C(=O)Nc2ccc(N3CCNC(=O)C3)c(Cl)c2)o1. The van der Waals surface area contributed by atoms with Crippen LogP contribution in [0.1, 0.15) is 16.3 Å². The van der Waals surface area contributed by atoms with Crippen LogP contribution in [-0.2, 0) is 17.6 Å². The minimum Gasteiger partial charge on any atom is -0.455 e. The van der Waals surface area contributed by atoms with Gasteiger partial charge in [-0.25, -0.2) is 4.98 Å². The smallest absolute Gasteiger partial charge is 0.291 e. The van der Waals surface area contributed by atoms with E-state index < -0.39 is 0 Å². The van der Waals surface area contributed by atoms with Crippen LogP contribution in [0.5, 0.6) is 0 Å².